The Labute approximate surface area is 182 Å². The minimum atomic E-state index is -0.756. The lowest BCUT2D eigenvalue weighted by Crippen LogP contribution is -2.40. The second-order valence-corrected chi connectivity index (χ2v) is 7.16. The number of hydrogen-bond acceptors (Lipinski definition) is 7. The summed E-state index contributed by atoms with van der Waals surface area (Å²) in [6.07, 6.45) is 2.60. The summed E-state index contributed by atoms with van der Waals surface area (Å²) < 4.78 is 15.5. The van der Waals surface area contributed by atoms with E-state index in [-0.39, 0.29) is 0 Å². The van der Waals surface area contributed by atoms with E-state index in [2.05, 4.69) is 10.6 Å². The summed E-state index contributed by atoms with van der Waals surface area (Å²) in [5, 5.41) is 6.81. The quantitative estimate of drug-likeness (QED) is 0.446. The molecule has 0 unspecified atom stereocenters. The summed E-state index contributed by atoms with van der Waals surface area (Å²) in [7, 11) is 1.48. The van der Waals surface area contributed by atoms with Crippen molar-refractivity contribution in [3.8, 4) is 11.5 Å². The molecular formula is C20H21ClN2O6S. The smallest absolute Gasteiger partial charge is 0.331 e. The molecule has 1 aromatic heterocycles. The van der Waals surface area contributed by atoms with Gasteiger partial charge < -0.3 is 19.5 Å². The highest BCUT2D eigenvalue weighted by Gasteiger charge is 2.12. The van der Waals surface area contributed by atoms with Crippen molar-refractivity contribution >= 4 is 46.9 Å². The molecule has 0 atom stereocenters. The second-order valence-electron chi connectivity index (χ2n) is 5.72. The van der Waals surface area contributed by atoms with Crippen LogP contribution in [0.3, 0.4) is 0 Å². The zero-order valence-corrected chi connectivity index (χ0v) is 18.0. The number of thiophene rings is 1. The first-order chi connectivity index (χ1) is 14.4. The van der Waals surface area contributed by atoms with Crippen molar-refractivity contribution in [2.75, 3.05) is 20.3 Å². The Morgan fingerprint density at radius 2 is 2.07 bits per heavy atom. The molecule has 1 aromatic carbocycles. The Kier molecular flexibility index (Phi) is 9.17. The number of carbonyl (C=O) groups is 3. The number of rotatable bonds is 9. The molecule has 0 aliphatic carbocycles. The molecule has 0 spiro atoms. The Bertz CT molecular complexity index is 914. The number of halogens is 1. The summed E-state index contributed by atoms with van der Waals surface area (Å²) in [6, 6.07) is 6.29. The van der Waals surface area contributed by atoms with E-state index in [0.717, 1.165) is 11.0 Å². The number of esters is 1. The highest BCUT2D eigenvalue weighted by Crippen LogP contribution is 2.36. The van der Waals surface area contributed by atoms with Crippen molar-refractivity contribution in [2.24, 2.45) is 0 Å². The molecule has 2 aromatic rings. The SMILES string of the molecule is CCOc1cc(/C=C/C(=O)OCC(=O)NC(=O)NCc2cccs2)cc(Cl)c1OC. The zero-order valence-electron chi connectivity index (χ0n) is 16.4. The Balaban J connectivity index is 1.81. The fourth-order valence-corrected chi connectivity index (χ4v) is 3.22. The average molecular weight is 453 g/mol. The van der Waals surface area contributed by atoms with Gasteiger partial charge in [-0.05, 0) is 42.1 Å². The van der Waals surface area contributed by atoms with Gasteiger partial charge in [0.25, 0.3) is 5.91 Å². The molecule has 0 fully saturated rings. The van der Waals surface area contributed by atoms with Gasteiger partial charge in [-0.25, -0.2) is 9.59 Å². The first kappa shape index (κ1) is 23.2. The maximum absolute atomic E-state index is 11.8. The molecule has 0 saturated carbocycles. The van der Waals surface area contributed by atoms with Gasteiger partial charge in [0.2, 0.25) is 0 Å². The lowest BCUT2D eigenvalue weighted by molar-refractivity contribution is -0.143. The lowest BCUT2D eigenvalue weighted by atomic mass is 10.2. The van der Waals surface area contributed by atoms with Crippen molar-refractivity contribution in [3.05, 3.63) is 51.2 Å². The van der Waals surface area contributed by atoms with E-state index in [1.54, 1.807) is 12.1 Å². The topological polar surface area (TPSA) is 103 Å². The van der Waals surface area contributed by atoms with E-state index in [9.17, 15) is 14.4 Å². The number of urea groups is 1. The molecule has 0 saturated heterocycles. The predicted octanol–water partition coefficient (Wildman–Crippen LogP) is 3.39. The number of hydrogen-bond donors (Lipinski definition) is 2. The molecule has 0 aliphatic rings. The normalized spacial score (nSPS) is 10.5. The predicted molar refractivity (Wildman–Crippen MR) is 114 cm³/mol. The number of methoxy groups -OCH3 is 1. The van der Waals surface area contributed by atoms with E-state index in [1.807, 2.05) is 24.4 Å². The van der Waals surface area contributed by atoms with Gasteiger partial charge in [0.1, 0.15) is 0 Å². The van der Waals surface area contributed by atoms with E-state index in [1.165, 1.54) is 24.5 Å². The van der Waals surface area contributed by atoms with Gasteiger partial charge in [-0.15, -0.1) is 11.3 Å². The molecule has 0 bridgehead atoms. The summed E-state index contributed by atoms with van der Waals surface area (Å²) in [4.78, 5) is 36.1. The molecule has 1 heterocycles. The first-order valence-electron chi connectivity index (χ1n) is 8.88. The Hall–Kier alpha value is -3.04. The lowest BCUT2D eigenvalue weighted by Gasteiger charge is -2.11. The standard InChI is InChI=1S/C20H21ClN2O6S/c1-3-28-16-10-13(9-15(21)19(16)27-2)6-7-18(25)29-12-17(24)23-20(26)22-11-14-5-4-8-30-14/h4-10H,3,11-12H2,1-2H3,(H2,22,23,24,26)/b7-6+. The van der Waals surface area contributed by atoms with Crippen LogP contribution in [0.25, 0.3) is 6.08 Å². The van der Waals surface area contributed by atoms with Gasteiger partial charge in [0, 0.05) is 11.0 Å². The van der Waals surface area contributed by atoms with Crippen molar-refractivity contribution in [2.45, 2.75) is 13.5 Å². The van der Waals surface area contributed by atoms with Crippen molar-refractivity contribution in [1.82, 2.24) is 10.6 Å². The third-order valence-corrected chi connectivity index (χ3v) is 4.71. The summed E-state index contributed by atoms with van der Waals surface area (Å²) >= 11 is 7.63. The third kappa shape index (κ3) is 7.41. The van der Waals surface area contributed by atoms with Crippen LogP contribution in [0.15, 0.2) is 35.7 Å². The highest BCUT2D eigenvalue weighted by molar-refractivity contribution is 7.09. The summed E-state index contributed by atoms with van der Waals surface area (Å²) in [5.41, 5.74) is 0.582. The van der Waals surface area contributed by atoms with Gasteiger partial charge in [-0.1, -0.05) is 17.7 Å². The van der Waals surface area contributed by atoms with Crippen LogP contribution in [-0.2, 0) is 20.9 Å². The van der Waals surface area contributed by atoms with E-state index in [4.69, 9.17) is 25.8 Å². The summed E-state index contributed by atoms with van der Waals surface area (Å²) in [5.74, 6) is -0.665. The zero-order chi connectivity index (χ0) is 21.9. The van der Waals surface area contributed by atoms with Crippen LogP contribution in [0, 0.1) is 0 Å². The second kappa shape index (κ2) is 11.8. The third-order valence-electron chi connectivity index (χ3n) is 3.55. The number of benzene rings is 1. The Morgan fingerprint density at radius 1 is 1.27 bits per heavy atom. The fourth-order valence-electron chi connectivity index (χ4n) is 2.28. The Morgan fingerprint density at radius 3 is 2.73 bits per heavy atom. The number of amides is 3. The van der Waals surface area contributed by atoms with Gasteiger partial charge in [-0.3, -0.25) is 10.1 Å². The van der Waals surface area contributed by atoms with Crippen LogP contribution in [0.2, 0.25) is 5.02 Å². The monoisotopic (exact) mass is 452 g/mol. The molecular weight excluding hydrogens is 432 g/mol. The van der Waals surface area contributed by atoms with E-state index < -0.39 is 24.5 Å². The van der Waals surface area contributed by atoms with Crippen LogP contribution < -0.4 is 20.1 Å². The van der Waals surface area contributed by atoms with Gasteiger partial charge in [0.15, 0.2) is 18.1 Å². The molecule has 2 N–H and O–H groups in total. The largest absolute Gasteiger partial charge is 0.491 e. The fraction of sp³-hybridized carbons (Fsp3) is 0.250. The first-order valence-corrected chi connectivity index (χ1v) is 10.1. The highest BCUT2D eigenvalue weighted by atomic mass is 35.5. The van der Waals surface area contributed by atoms with Crippen molar-refractivity contribution in [3.63, 3.8) is 0 Å². The summed E-state index contributed by atoms with van der Waals surface area (Å²) in [6.45, 7) is 1.94. The molecule has 8 nitrogen and oxygen atoms in total. The molecule has 0 aliphatic heterocycles. The van der Waals surface area contributed by atoms with Gasteiger partial charge >= 0.3 is 12.0 Å². The maximum atomic E-state index is 11.8. The van der Waals surface area contributed by atoms with Gasteiger partial charge in [-0.2, -0.15) is 0 Å². The van der Waals surface area contributed by atoms with Crippen LogP contribution in [-0.4, -0.2) is 38.2 Å². The number of ether oxygens (including phenoxy) is 3. The average Bonchev–Trinajstić information content (AvgIpc) is 3.23. The number of imide groups is 1. The van der Waals surface area contributed by atoms with E-state index in [0.29, 0.717) is 35.2 Å². The van der Waals surface area contributed by atoms with Gasteiger partial charge in [0.05, 0.1) is 25.3 Å². The molecule has 10 heteroatoms. The molecule has 160 valence electrons. The number of nitrogens with one attached hydrogen (secondary N) is 2. The molecule has 2 rings (SSSR count). The maximum Gasteiger partial charge on any atom is 0.331 e. The number of carbonyl (C=O) groups excluding carboxylic acids is 3. The van der Waals surface area contributed by atoms with E-state index >= 15 is 0 Å². The van der Waals surface area contributed by atoms with Crippen LogP contribution in [0.5, 0.6) is 11.5 Å². The minimum absolute atomic E-state index is 0.299. The van der Waals surface area contributed by atoms with Crippen molar-refractivity contribution in [1.29, 1.82) is 0 Å². The van der Waals surface area contributed by atoms with Crippen molar-refractivity contribution < 1.29 is 28.6 Å². The van der Waals surface area contributed by atoms with Crippen LogP contribution >= 0.6 is 22.9 Å². The molecule has 3 amide bonds. The van der Waals surface area contributed by atoms with Crippen LogP contribution in [0.1, 0.15) is 17.4 Å². The molecule has 0 radical (unpaired) electrons. The molecule has 30 heavy (non-hydrogen) atoms. The van der Waals surface area contributed by atoms with Crippen LogP contribution in [0.4, 0.5) is 4.79 Å². The minimum Gasteiger partial charge on any atom is -0.491 e.